The molecule has 1 fully saturated rings. The van der Waals surface area contributed by atoms with Gasteiger partial charge in [0.1, 0.15) is 29.5 Å². The molecule has 5 N–H and O–H groups in total. The first-order chi connectivity index (χ1) is 11.6. The zero-order valence-electron chi connectivity index (χ0n) is 12.4. The summed E-state index contributed by atoms with van der Waals surface area (Å²) in [5.41, 5.74) is 7.32. The molecule has 4 rings (SSSR count). The Morgan fingerprint density at radius 1 is 1.29 bits per heavy atom. The first-order valence-corrected chi connectivity index (χ1v) is 8.14. The number of aliphatic hydroxyl groups excluding tert-OH is 3. The van der Waals surface area contributed by atoms with E-state index in [1.165, 1.54) is 22.2 Å². The molecular weight excluding hydrogens is 334 g/mol. The van der Waals surface area contributed by atoms with Crippen LogP contribution in [0.2, 0.25) is 0 Å². The highest BCUT2D eigenvalue weighted by Crippen LogP contribution is 2.34. The molecule has 1 saturated heterocycles. The fraction of sp³-hybridized carbons (Fsp3) is 0.357. The van der Waals surface area contributed by atoms with E-state index < -0.39 is 31.1 Å². The molecule has 0 radical (unpaired) electrons. The van der Waals surface area contributed by atoms with Crippen LogP contribution in [0.1, 0.15) is 6.23 Å². The molecule has 1 aliphatic heterocycles. The normalized spacial score (nSPS) is 27.1. The van der Waals surface area contributed by atoms with Gasteiger partial charge in [-0.25, -0.2) is 9.97 Å². The van der Waals surface area contributed by atoms with Crippen LogP contribution in [0.4, 0.5) is 5.95 Å². The van der Waals surface area contributed by atoms with Gasteiger partial charge in [0.15, 0.2) is 11.9 Å². The second-order valence-electron chi connectivity index (χ2n) is 5.46. The largest absolute Gasteiger partial charge is 0.394 e. The lowest BCUT2D eigenvalue weighted by Gasteiger charge is -2.16. The van der Waals surface area contributed by atoms with Crippen LogP contribution in [0.3, 0.4) is 0 Å². The van der Waals surface area contributed by atoms with Crippen LogP contribution in [-0.2, 0) is 4.74 Å². The van der Waals surface area contributed by atoms with E-state index in [1.807, 2.05) is 17.5 Å². The summed E-state index contributed by atoms with van der Waals surface area (Å²) in [7, 11) is 0. The number of ether oxygens (including phenoxy) is 1. The molecule has 4 heterocycles. The number of anilines is 1. The minimum Gasteiger partial charge on any atom is -0.394 e. The summed E-state index contributed by atoms with van der Waals surface area (Å²) in [5.74, 6) is 0.0689. The summed E-state index contributed by atoms with van der Waals surface area (Å²) >= 11 is 1.50. The van der Waals surface area contributed by atoms with Gasteiger partial charge in [0.2, 0.25) is 5.95 Å². The minimum absolute atomic E-state index is 0.0689. The lowest BCUT2D eigenvalue weighted by molar-refractivity contribution is -0.0511. The molecule has 0 spiro atoms. The summed E-state index contributed by atoms with van der Waals surface area (Å²) in [6.07, 6.45) is -2.77. The predicted octanol–water partition coefficient (Wildman–Crippen LogP) is -0.252. The summed E-state index contributed by atoms with van der Waals surface area (Å²) in [6.45, 7) is -0.404. The SMILES string of the molecule is Nc1nc(-c2cccs2)c2ncn([C@@H]3O[C@H](CO)[C@@H](O)[C@H]3O)c2n1. The highest BCUT2D eigenvalue weighted by Gasteiger charge is 2.44. The molecule has 3 aromatic rings. The molecule has 10 heteroatoms. The number of imidazole rings is 1. The third kappa shape index (κ3) is 2.27. The van der Waals surface area contributed by atoms with Crippen LogP contribution in [0.15, 0.2) is 23.8 Å². The number of hydrogen-bond donors (Lipinski definition) is 4. The lowest BCUT2D eigenvalue weighted by Crippen LogP contribution is -2.33. The molecule has 0 amide bonds. The average Bonchev–Trinajstić information content (AvgIpc) is 3.28. The summed E-state index contributed by atoms with van der Waals surface area (Å²) < 4.78 is 7.03. The van der Waals surface area contributed by atoms with E-state index in [2.05, 4.69) is 15.0 Å². The van der Waals surface area contributed by atoms with Crippen molar-refractivity contribution in [2.75, 3.05) is 12.3 Å². The van der Waals surface area contributed by atoms with E-state index in [0.717, 1.165) is 4.88 Å². The Bertz CT molecular complexity index is 868. The van der Waals surface area contributed by atoms with Gasteiger partial charge in [0.25, 0.3) is 0 Å². The molecule has 3 aromatic heterocycles. The van der Waals surface area contributed by atoms with Crippen LogP contribution in [0.25, 0.3) is 21.7 Å². The van der Waals surface area contributed by atoms with Crippen molar-refractivity contribution in [1.29, 1.82) is 0 Å². The Labute approximate surface area is 140 Å². The Balaban J connectivity index is 1.84. The maximum atomic E-state index is 10.2. The van der Waals surface area contributed by atoms with Crippen molar-refractivity contribution < 1.29 is 20.1 Å². The Kier molecular flexibility index (Phi) is 3.70. The number of aliphatic hydroxyl groups is 3. The molecule has 0 unspecified atom stereocenters. The van der Waals surface area contributed by atoms with Crippen molar-refractivity contribution in [2.24, 2.45) is 0 Å². The third-order valence-electron chi connectivity index (χ3n) is 3.98. The van der Waals surface area contributed by atoms with E-state index >= 15 is 0 Å². The van der Waals surface area contributed by atoms with Gasteiger partial charge in [-0.15, -0.1) is 11.3 Å². The Morgan fingerprint density at radius 2 is 2.12 bits per heavy atom. The number of fused-ring (bicyclic) bond motifs is 1. The summed E-state index contributed by atoms with van der Waals surface area (Å²) in [6, 6.07) is 3.80. The standard InChI is InChI=1S/C14H15N5O4S/c15-14-17-8(7-2-1-3-24-7)9-12(18-14)19(5-16-9)13-11(22)10(21)6(4-20)23-13/h1-3,5-6,10-11,13,20-22H,4H2,(H2,15,17,18)/t6-,10-,11-,13-/m1/s1. The molecule has 0 bridgehead atoms. The lowest BCUT2D eigenvalue weighted by atomic mass is 10.1. The molecule has 9 nitrogen and oxygen atoms in total. The van der Waals surface area contributed by atoms with Gasteiger partial charge in [0.05, 0.1) is 17.8 Å². The van der Waals surface area contributed by atoms with Crippen molar-refractivity contribution in [3.63, 3.8) is 0 Å². The third-order valence-corrected chi connectivity index (χ3v) is 4.86. The summed E-state index contributed by atoms with van der Waals surface area (Å²) in [4.78, 5) is 13.7. The molecule has 24 heavy (non-hydrogen) atoms. The first-order valence-electron chi connectivity index (χ1n) is 7.26. The number of nitrogens with two attached hydrogens (primary N) is 1. The van der Waals surface area contributed by atoms with Gasteiger partial charge >= 0.3 is 0 Å². The first kappa shape index (κ1) is 15.4. The topological polar surface area (TPSA) is 140 Å². The van der Waals surface area contributed by atoms with Crippen molar-refractivity contribution in [1.82, 2.24) is 19.5 Å². The van der Waals surface area contributed by atoms with Crippen molar-refractivity contribution in [2.45, 2.75) is 24.5 Å². The number of rotatable bonds is 3. The average molecular weight is 349 g/mol. The van der Waals surface area contributed by atoms with Gasteiger partial charge in [-0.3, -0.25) is 4.57 Å². The van der Waals surface area contributed by atoms with E-state index in [0.29, 0.717) is 16.9 Å². The molecule has 1 aliphatic rings. The van der Waals surface area contributed by atoms with Crippen molar-refractivity contribution in [3.8, 4) is 10.6 Å². The van der Waals surface area contributed by atoms with E-state index in [9.17, 15) is 15.3 Å². The number of nitrogen functional groups attached to an aromatic ring is 1. The molecule has 4 atom stereocenters. The Morgan fingerprint density at radius 3 is 2.79 bits per heavy atom. The molecule has 0 aromatic carbocycles. The Hall–Kier alpha value is -2.11. The second-order valence-corrected chi connectivity index (χ2v) is 6.41. The second kappa shape index (κ2) is 5.76. The van der Waals surface area contributed by atoms with Crippen LogP contribution >= 0.6 is 11.3 Å². The monoisotopic (exact) mass is 349 g/mol. The van der Waals surface area contributed by atoms with Gasteiger partial charge in [-0.05, 0) is 11.4 Å². The fourth-order valence-corrected chi connectivity index (χ4v) is 3.53. The summed E-state index contributed by atoms with van der Waals surface area (Å²) in [5, 5.41) is 31.3. The van der Waals surface area contributed by atoms with Crippen LogP contribution < -0.4 is 5.73 Å². The van der Waals surface area contributed by atoms with Gasteiger partial charge in [-0.2, -0.15) is 4.98 Å². The fourth-order valence-electron chi connectivity index (χ4n) is 2.81. The molecular formula is C14H15N5O4S. The molecule has 0 aliphatic carbocycles. The zero-order valence-corrected chi connectivity index (χ0v) is 13.2. The maximum absolute atomic E-state index is 10.2. The predicted molar refractivity (Wildman–Crippen MR) is 86.1 cm³/mol. The maximum Gasteiger partial charge on any atom is 0.222 e. The molecule has 0 saturated carbocycles. The van der Waals surface area contributed by atoms with Crippen LogP contribution in [0, 0.1) is 0 Å². The highest BCUT2D eigenvalue weighted by molar-refractivity contribution is 7.13. The number of nitrogens with zero attached hydrogens (tertiary/aromatic N) is 4. The van der Waals surface area contributed by atoms with Crippen molar-refractivity contribution >= 4 is 28.4 Å². The minimum atomic E-state index is -1.22. The van der Waals surface area contributed by atoms with Crippen molar-refractivity contribution in [3.05, 3.63) is 23.8 Å². The molecule has 126 valence electrons. The highest BCUT2D eigenvalue weighted by atomic mass is 32.1. The van der Waals surface area contributed by atoms with Crippen LogP contribution in [-0.4, -0.2) is 59.8 Å². The van der Waals surface area contributed by atoms with E-state index in [-0.39, 0.29) is 5.95 Å². The van der Waals surface area contributed by atoms with Gasteiger partial charge in [0, 0.05) is 0 Å². The van der Waals surface area contributed by atoms with E-state index in [4.69, 9.17) is 10.5 Å². The van der Waals surface area contributed by atoms with E-state index in [1.54, 1.807) is 0 Å². The smallest absolute Gasteiger partial charge is 0.222 e. The number of thiophene rings is 1. The number of aromatic nitrogens is 4. The quantitative estimate of drug-likeness (QED) is 0.507. The number of hydrogen-bond acceptors (Lipinski definition) is 9. The zero-order chi connectivity index (χ0) is 16.8. The van der Waals surface area contributed by atoms with Gasteiger partial charge < -0.3 is 25.8 Å². The van der Waals surface area contributed by atoms with Gasteiger partial charge in [-0.1, -0.05) is 6.07 Å². The van der Waals surface area contributed by atoms with Crippen LogP contribution in [0.5, 0.6) is 0 Å².